The number of amides is 2. The minimum absolute atomic E-state index is 0. The molecule has 11 heteroatoms. The van der Waals surface area contributed by atoms with E-state index in [2.05, 4.69) is 78.4 Å². The average molecular weight is 617 g/mol. The number of hydrogen-bond acceptors (Lipinski definition) is 7. The van der Waals surface area contributed by atoms with Crippen LogP contribution in [0.2, 0.25) is 36.3 Å². The van der Waals surface area contributed by atoms with Gasteiger partial charge in [-0.2, -0.15) is 0 Å². The molecule has 0 aromatic heterocycles. The molecule has 0 spiro atoms. The molecule has 4 atom stereocenters. The Morgan fingerprint density at radius 3 is 1.54 bits per heavy atom. The summed E-state index contributed by atoms with van der Waals surface area (Å²) in [5.41, 5.74) is 1.37. The molecule has 240 valence electrons. The lowest BCUT2D eigenvalue weighted by atomic mass is 9.91. The van der Waals surface area contributed by atoms with E-state index in [1.807, 2.05) is 13.8 Å². The fraction of sp³-hybridized carbons (Fsp3) is 0.767. The maximum Gasteiger partial charge on any atom is 0.332 e. The largest absolute Gasteiger partial charge is 0.463 e. The predicted molar refractivity (Wildman–Crippen MR) is 172 cm³/mol. The quantitative estimate of drug-likeness (QED) is 0.128. The van der Waals surface area contributed by atoms with E-state index in [0.29, 0.717) is 12.3 Å². The van der Waals surface area contributed by atoms with E-state index in [1.54, 1.807) is 13.0 Å². The van der Waals surface area contributed by atoms with Crippen LogP contribution in [0, 0.1) is 11.8 Å². The molecule has 0 aromatic carbocycles. The number of aliphatic hydroxyl groups is 1. The van der Waals surface area contributed by atoms with Crippen molar-refractivity contribution in [3.05, 3.63) is 23.5 Å². The Morgan fingerprint density at radius 1 is 0.854 bits per heavy atom. The van der Waals surface area contributed by atoms with Crippen LogP contribution in [0.25, 0.3) is 0 Å². The van der Waals surface area contributed by atoms with Crippen LogP contribution in [0.15, 0.2) is 23.5 Å². The summed E-state index contributed by atoms with van der Waals surface area (Å²) in [6.07, 6.45) is 2.59. The Labute approximate surface area is 252 Å². The minimum atomic E-state index is -1.95. The van der Waals surface area contributed by atoms with Crippen LogP contribution < -0.4 is 10.6 Å². The van der Waals surface area contributed by atoms with Gasteiger partial charge in [0.25, 0.3) is 0 Å². The van der Waals surface area contributed by atoms with Crippen molar-refractivity contribution in [2.45, 2.75) is 126 Å². The van der Waals surface area contributed by atoms with Gasteiger partial charge in [0, 0.05) is 17.5 Å². The van der Waals surface area contributed by atoms with E-state index < -0.39 is 28.5 Å². The molecule has 41 heavy (non-hydrogen) atoms. The highest BCUT2D eigenvalue weighted by atomic mass is 28.4. The zero-order valence-electron chi connectivity index (χ0n) is 26.3. The zero-order valence-corrected chi connectivity index (χ0v) is 28.3. The molecule has 2 fully saturated rings. The molecule has 0 aromatic rings. The number of hydrogen-bond donors (Lipinski definition) is 3. The van der Waals surface area contributed by atoms with Crippen LogP contribution >= 0.6 is 0 Å². The van der Waals surface area contributed by atoms with Gasteiger partial charge >= 0.3 is 5.97 Å². The van der Waals surface area contributed by atoms with Gasteiger partial charge in [-0.05, 0) is 63.1 Å². The van der Waals surface area contributed by atoms with Gasteiger partial charge in [0.05, 0.1) is 25.4 Å². The Balaban J connectivity index is 0. The maximum atomic E-state index is 11.8. The second kappa shape index (κ2) is 15.6. The molecule has 2 aliphatic heterocycles. The molecule has 0 radical (unpaired) electrons. The molecule has 3 N–H and O–H groups in total. The number of carbonyl (C=O) groups is 3. The molecule has 2 aliphatic rings. The summed E-state index contributed by atoms with van der Waals surface area (Å²) >= 11 is 0. The Morgan fingerprint density at radius 2 is 1.22 bits per heavy atom. The van der Waals surface area contributed by atoms with E-state index in [0.717, 1.165) is 5.70 Å². The van der Waals surface area contributed by atoms with Gasteiger partial charge in [0.2, 0.25) is 11.8 Å². The minimum Gasteiger partial charge on any atom is -0.463 e. The normalized spacial score (nSPS) is 22.4. The van der Waals surface area contributed by atoms with Gasteiger partial charge in [-0.15, -0.1) is 0 Å². The number of ether oxygens (including phenoxy) is 1. The molecule has 9 nitrogen and oxygen atoms in total. The predicted octanol–water partition coefficient (Wildman–Crippen LogP) is 5.88. The number of carbonyl (C=O) groups excluding carboxylic acids is 3. The molecule has 2 rings (SSSR count). The molecular weight excluding hydrogens is 557 g/mol. The van der Waals surface area contributed by atoms with Gasteiger partial charge in [0.1, 0.15) is 11.8 Å². The molecule has 2 heterocycles. The van der Waals surface area contributed by atoms with Gasteiger partial charge < -0.3 is 29.3 Å². The molecule has 0 unspecified atom stereocenters. The first kappa shape index (κ1) is 41.3. The number of β-lactam (4-membered cyclic amide) rings is 2. The van der Waals surface area contributed by atoms with Crippen molar-refractivity contribution >= 4 is 34.4 Å². The van der Waals surface area contributed by atoms with Crippen molar-refractivity contribution in [2.75, 3.05) is 13.2 Å². The molecular formula is C30H60N2O7Si2. The van der Waals surface area contributed by atoms with Crippen molar-refractivity contribution < 1.29 is 33.1 Å². The SMILES string of the molecule is C.C.CCOC(=O)/C=C1/NC(=O)[C@@H]1[C@@H](C)O[Si](C)(C)C(C)(C)C.C[C@@H](O[Si](C)(C)C(C)(C)C)[C@H]1C(=O)N/C1=C/CO. The van der Waals surface area contributed by atoms with E-state index in [4.69, 9.17) is 18.7 Å². The highest BCUT2D eigenvalue weighted by molar-refractivity contribution is 6.74. The third kappa shape index (κ3) is 10.8. The number of rotatable bonds is 9. The Bertz CT molecular complexity index is 963. The van der Waals surface area contributed by atoms with E-state index >= 15 is 0 Å². The van der Waals surface area contributed by atoms with Crippen molar-refractivity contribution in [3.8, 4) is 0 Å². The van der Waals surface area contributed by atoms with Crippen molar-refractivity contribution in [1.29, 1.82) is 0 Å². The van der Waals surface area contributed by atoms with E-state index in [1.165, 1.54) is 6.08 Å². The first-order valence-corrected chi connectivity index (χ1v) is 19.6. The van der Waals surface area contributed by atoms with Gasteiger partial charge in [-0.1, -0.05) is 56.4 Å². The lowest BCUT2D eigenvalue weighted by molar-refractivity contribution is -0.137. The summed E-state index contributed by atoms with van der Waals surface area (Å²) in [5, 5.41) is 14.4. The van der Waals surface area contributed by atoms with E-state index in [-0.39, 0.29) is 61.5 Å². The molecule has 0 saturated carbocycles. The highest BCUT2D eigenvalue weighted by Gasteiger charge is 2.46. The van der Waals surface area contributed by atoms with Gasteiger partial charge in [-0.25, -0.2) is 4.79 Å². The maximum absolute atomic E-state index is 11.8. The first-order chi connectivity index (χ1) is 17.6. The van der Waals surface area contributed by atoms with Crippen LogP contribution in [0.5, 0.6) is 0 Å². The van der Waals surface area contributed by atoms with Crippen LogP contribution in [0.4, 0.5) is 0 Å². The second-order valence-corrected chi connectivity index (χ2v) is 22.8. The number of aliphatic hydroxyl groups excluding tert-OH is 1. The van der Waals surface area contributed by atoms with E-state index in [9.17, 15) is 14.4 Å². The van der Waals surface area contributed by atoms with Crippen molar-refractivity contribution in [3.63, 3.8) is 0 Å². The lowest BCUT2D eigenvalue weighted by Gasteiger charge is -2.42. The van der Waals surface area contributed by atoms with Crippen LogP contribution in [0.1, 0.15) is 77.2 Å². The molecule has 0 bridgehead atoms. The highest BCUT2D eigenvalue weighted by Crippen LogP contribution is 2.40. The Kier molecular flexibility index (Phi) is 15.7. The summed E-state index contributed by atoms with van der Waals surface area (Å²) in [6.45, 7) is 27.5. The van der Waals surface area contributed by atoms with Crippen molar-refractivity contribution in [2.24, 2.45) is 11.8 Å². The van der Waals surface area contributed by atoms with Crippen LogP contribution in [-0.2, 0) is 28.0 Å². The van der Waals surface area contributed by atoms with Crippen LogP contribution in [0.3, 0.4) is 0 Å². The standard InChI is InChI=1S/C15H27NO4Si.C13H25NO3Si.2CH4/c1-8-19-12(17)9-11-13(14(18)16-11)10(2)20-21(6,7)15(3,4)5;1-9(17-18(5,6)13(2,3)4)11-10(7-8-15)14-12(11)16;;/h9-10,13H,8H2,1-7H3,(H,16,18);7,9,11,15H,8H2,1-6H3,(H,14,16);2*1H4/b11-9+;10-7+;;/t10-,13-;9-,11-;;/m11../s1. The fourth-order valence-corrected chi connectivity index (χ4v) is 6.62. The van der Waals surface area contributed by atoms with Crippen LogP contribution in [-0.4, -0.2) is 64.9 Å². The number of esters is 1. The second-order valence-electron chi connectivity index (χ2n) is 13.3. The first-order valence-electron chi connectivity index (χ1n) is 13.8. The molecule has 2 amide bonds. The molecule has 2 saturated heterocycles. The molecule has 0 aliphatic carbocycles. The zero-order chi connectivity index (χ0) is 30.6. The number of nitrogens with one attached hydrogen (secondary N) is 2. The Hall–Kier alpha value is -1.80. The summed E-state index contributed by atoms with van der Waals surface area (Å²) in [4.78, 5) is 34.9. The summed E-state index contributed by atoms with van der Waals surface area (Å²) in [5.74, 6) is -1.19. The monoisotopic (exact) mass is 616 g/mol. The van der Waals surface area contributed by atoms with Gasteiger partial charge in [-0.3, -0.25) is 9.59 Å². The topological polar surface area (TPSA) is 123 Å². The fourth-order valence-electron chi connectivity index (χ4n) is 3.79. The third-order valence-electron chi connectivity index (χ3n) is 8.15. The third-order valence-corrected chi connectivity index (χ3v) is 17.3. The van der Waals surface area contributed by atoms with Gasteiger partial charge in [0.15, 0.2) is 16.6 Å². The summed E-state index contributed by atoms with van der Waals surface area (Å²) in [7, 11) is -3.82. The smallest absolute Gasteiger partial charge is 0.332 e. The average Bonchev–Trinajstić information content (AvgIpc) is 2.70. The lowest BCUT2D eigenvalue weighted by Crippen LogP contribution is -2.55. The van der Waals surface area contributed by atoms with Crippen molar-refractivity contribution in [1.82, 2.24) is 10.6 Å². The summed E-state index contributed by atoms with van der Waals surface area (Å²) < 4.78 is 17.3. The summed E-state index contributed by atoms with van der Waals surface area (Å²) in [6, 6.07) is 0.